The van der Waals surface area contributed by atoms with E-state index in [1.165, 1.54) is 0 Å². The van der Waals surface area contributed by atoms with E-state index < -0.39 is 17.5 Å². The SMILES string of the molecule is O=C(O)[C@]1(Cc2ccccc2)CN(c2ncccn2)CC[C@@H]1O. The van der Waals surface area contributed by atoms with Crippen LogP contribution in [0.4, 0.5) is 5.95 Å². The minimum atomic E-state index is -1.27. The molecule has 1 aromatic carbocycles. The van der Waals surface area contributed by atoms with E-state index in [4.69, 9.17) is 0 Å². The maximum Gasteiger partial charge on any atom is 0.314 e. The Hall–Kier alpha value is -2.47. The van der Waals surface area contributed by atoms with Gasteiger partial charge in [0.25, 0.3) is 0 Å². The Morgan fingerprint density at radius 2 is 1.91 bits per heavy atom. The van der Waals surface area contributed by atoms with Crippen molar-refractivity contribution in [1.82, 2.24) is 9.97 Å². The number of aliphatic hydroxyl groups excluding tert-OH is 1. The van der Waals surface area contributed by atoms with Gasteiger partial charge in [0, 0.05) is 25.5 Å². The van der Waals surface area contributed by atoms with E-state index in [2.05, 4.69) is 9.97 Å². The number of piperidine rings is 1. The minimum absolute atomic E-state index is 0.183. The van der Waals surface area contributed by atoms with Crippen LogP contribution >= 0.6 is 0 Å². The molecule has 2 atom stereocenters. The van der Waals surface area contributed by atoms with Crippen molar-refractivity contribution < 1.29 is 15.0 Å². The van der Waals surface area contributed by atoms with Crippen molar-refractivity contribution >= 4 is 11.9 Å². The van der Waals surface area contributed by atoms with Gasteiger partial charge in [0.15, 0.2) is 0 Å². The van der Waals surface area contributed by atoms with E-state index in [0.717, 1.165) is 5.56 Å². The second-order valence-electron chi connectivity index (χ2n) is 5.90. The van der Waals surface area contributed by atoms with Gasteiger partial charge >= 0.3 is 5.97 Å². The monoisotopic (exact) mass is 313 g/mol. The smallest absolute Gasteiger partial charge is 0.314 e. The van der Waals surface area contributed by atoms with Crippen molar-refractivity contribution in [1.29, 1.82) is 0 Å². The van der Waals surface area contributed by atoms with Gasteiger partial charge in [0.2, 0.25) is 5.95 Å². The molecule has 1 fully saturated rings. The maximum atomic E-state index is 12.0. The molecular weight excluding hydrogens is 294 g/mol. The van der Waals surface area contributed by atoms with Crippen LogP contribution in [-0.4, -0.2) is 45.3 Å². The number of aliphatic carboxylic acids is 1. The van der Waals surface area contributed by atoms with Crippen LogP contribution < -0.4 is 4.90 Å². The van der Waals surface area contributed by atoms with Crippen LogP contribution in [0.2, 0.25) is 0 Å². The van der Waals surface area contributed by atoms with E-state index >= 15 is 0 Å². The summed E-state index contributed by atoms with van der Waals surface area (Å²) >= 11 is 0. The number of carbonyl (C=O) groups is 1. The van der Waals surface area contributed by atoms with E-state index in [1.54, 1.807) is 18.5 Å². The summed E-state index contributed by atoms with van der Waals surface area (Å²) in [5, 5.41) is 20.3. The average Bonchev–Trinajstić information content (AvgIpc) is 2.58. The molecule has 0 bridgehead atoms. The molecule has 1 saturated heterocycles. The van der Waals surface area contributed by atoms with Gasteiger partial charge in [-0.3, -0.25) is 4.79 Å². The third-order valence-corrected chi connectivity index (χ3v) is 4.41. The Morgan fingerprint density at radius 1 is 1.22 bits per heavy atom. The lowest BCUT2D eigenvalue weighted by atomic mass is 9.73. The van der Waals surface area contributed by atoms with E-state index in [0.29, 0.717) is 18.9 Å². The van der Waals surface area contributed by atoms with Crippen molar-refractivity contribution in [3.8, 4) is 0 Å². The molecule has 0 unspecified atom stereocenters. The summed E-state index contributed by atoms with van der Waals surface area (Å²) in [7, 11) is 0. The molecule has 0 radical (unpaired) electrons. The number of aliphatic hydroxyl groups is 1. The molecule has 3 rings (SSSR count). The van der Waals surface area contributed by atoms with Gasteiger partial charge in [-0.05, 0) is 24.5 Å². The summed E-state index contributed by atoms with van der Waals surface area (Å²) < 4.78 is 0. The second-order valence-corrected chi connectivity index (χ2v) is 5.90. The van der Waals surface area contributed by atoms with Crippen LogP contribution in [0.15, 0.2) is 48.8 Å². The van der Waals surface area contributed by atoms with Gasteiger partial charge in [0.05, 0.1) is 6.10 Å². The summed E-state index contributed by atoms with van der Waals surface area (Å²) in [5.41, 5.74) is -0.372. The van der Waals surface area contributed by atoms with Gasteiger partial charge in [-0.1, -0.05) is 30.3 Å². The van der Waals surface area contributed by atoms with E-state index in [1.807, 2.05) is 35.2 Å². The third-order valence-electron chi connectivity index (χ3n) is 4.41. The topological polar surface area (TPSA) is 86.5 Å². The van der Waals surface area contributed by atoms with E-state index in [9.17, 15) is 15.0 Å². The number of anilines is 1. The molecule has 6 heteroatoms. The first-order valence-corrected chi connectivity index (χ1v) is 7.59. The molecule has 0 amide bonds. The van der Waals surface area contributed by atoms with Crippen LogP contribution in [0.3, 0.4) is 0 Å². The van der Waals surface area contributed by atoms with Gasteiger partial charge in [-0.2, -0.15) is 0 Å². The molecule has 23 heavy (non-hydrogen) atoms. The van der Waals surface area contributed by atoms with Gasteiger partial charge in [-0.15, -0.1) is 0 Å². The molecule has 2 heterocycles. The highest BCUT2D eigenvalue weighted by Crippen LogP contribution is 2.35. The predicted octanol–water partition coefficient (Wildman–Crippen LogP) is 1.36. The average molecular weight is 313 g/mol. The summed E-state index contributed by atoms with van der Waals surface area (Å²) in [6.07, 6.45) is 3.01. The summed E-state index contributed by atoms with van der Waals surface area (Å²) in [4.78, 5) is 22.3. The fourth-order valence-corrected chi connectivity index (χ4v) is 3.12. The van der Waals surface area contributed by atoms with Crippen LogP contribution in [0, 0.1) is 5.41 Å². The van der Waals surface area contributed by atoms with Crippen LogP contribution in [0.1, 0.15) is 12.0 Å². The molecule has 2 N–H and O–H groups in total. The fourth-order valence-electron chi connectivity index (χ4n) is 3.12. The molecule has 1 aliphatic rings. The number of hydrogen-bond donors (Lipinski definition) is 2. The summed E-state index contributed by atoms with van der Waals surface area (Å²) in [6, 6.07) is 11.1. The third kappa shape index (κ3) is 3.03. The second kappa shape index (κ2) is 6.34. The summed E-state index contributed by atoms with van der Waals surface area (Å²) in [5.74, 6) is -0.493. The van der Waals surface area contributed by atoms with Crippen LogP contribution in [-0.2, 0) is 11.2 Å². The Balaban J connectivity index is 1.91. The lowest BCUT2D eigenvalue weighted by molar-refractivity contribution is -0.157. The van der Waals surface area contributed by atoms with Crippen molar-refractivity contribution in [2.24, 2.45) is 5.41 Å². The van der Waals surface area contributed by atoms with Crippen molar-refractivity contribution in [3.63, 3.8) is 0 Å². The van der Waals surface area contributed by atoms with Gasteiger partial charge in [0.1, 0.15) is 5.41 Å². The van der Waals surface area contributed by atoms with Crippen molar-refractivity contribution in [2.75, 3.05) is 18.0 Å². The maximum absolute atomic E-state index is 12.0. The minimum Gasteiger partial charge on any atom is -0.481 e. The highest BCUT2D eigenvalue weighted by Gasteiger charge is 2.49. The molecule has 1 aromatic heterocycles. The van der Waals surface area contributed by atoms with Crippen LogP contribution in [0.5, 0.6) is 0 Å². The standard InChI is InChI=1S/C17H19N3O3/c21-14-7-10-20(16-18-8-4-9-19-16)12-17(14,15(22)23)11-13-5-2-1-3-6-13/h1-6,8-9,14,21H,7,10-12H2,(H,22,23)/t14-,17+/m0/s1. The zero-order valence-corrected chi connectivity index (χ0v) is 12.7. The fraction of sp³-hybridized carbons (Fsp3) is 0.353. The Bertz CT molecular complexity index is 665. The van der Waals surface area contributed by atoms with Crippen molar-refractivity contribution in [3.05, 3.63) is 54.4 Å². The van der Waals surface area contributed by atoms with Crippen LogP contribution in [0.25, 0.3) is 0 Å². The number of rotatable bonds is 4. The Kier molecular flexibility index (Phi) is 4.25. The first-order chi connectivity index (χ1) is 11.1. The molecule has 1 aliphatic heterocycles. The molecular formula is C17H19N3O3. The van der Waals surface area contributed by atoms with E-state index in [-0.39, 0.29) is 13.0 Å². The number of benzene rings is 1. The Labute approximate surface area is 134 Å². The van der Waals surface area contributed by atoms with Gasteiger partial charge < -0.3 is 15.1 Å². The molecule has 120 valence electrons. The highest BCUT2D eigenvalue weighted by atomic mass is 16.4. The number of carboxylic acids is 1. The zero-order valence-electron chi connectivity index (χ0n) is 12.7. The van der Waals surface area contributed by atoms with Gasteiger partial charge in [-0.25, -0.2) is 9.97 Å². The highest BCUT2D eigenvalue weighted by molar-refractivity contribution is 5.77. The quantitative estimate of drug-likeness (QED) is 0.886. The molecule has 6 nitrogen and oxygen atoms in total. The number of carboxylic acid groups (broad SMARTS) is 1. The first-order valence-electron chi connectivity index (χ1n) is 7.59. The summed E-state index contributed by atoms with van der Waals surface area (Å²) in [6.45, 7) is 0.720. The molecule has 0 saturated carbocycles. The van der Waals surface area contributed by atoms with Crippen molar-refractivity contribution in [2.45, 2.75) is 18.9 Å². The number of hydrogen-bond acceptors (Lipinski definition) is 5. The number of nitrogens with zero attached hydrogens (tertiary/aromatic N) is 3. The predicted molar refractivity (Wildman–Crippen MR) is 85.1 cm³/mol. The number of aromatic nitrogens is 2. The molecule has 0 aliphatic carbocycles. The first kappa shape index (κ1) is 15.4. The molecule has 2 aromatic rings. The zero-order chi connectivity index (χ0) is 16.3. The Morgan fingerprint density at radius 3 is 2.57 bits per heavy atom. The lowest BCUT2D eigenvalue weighted by Gasteiger charge is -2.43. The lowest BCUT2D eigenvalue weighted by Crippen LogP contribution is -2.57. The molecule has 0 spiro atoms. The normalized spacial score (nSPS) is 24.4. The largest absolute Gasteiger partial charge is 0.481 e.